The second-order valence-electron chi connectivity index (χ2n) is 12.3. The molecule has 2 aliphatic rings. The summed E-state index contributed by atoms with van der Waals surface area (Å²) < 4.78 is 23.0. The third-order valence-electron chi connectivity index (χ3n) is 8.88. The molecule has 4 atom stereocenters. The average Bonchev–Trinajstić information content (AvgIpc) is 3.44. The van der Waals surface area contributed by atoms with Gasteiger partial charge in [0.2, 0.25) is 14.3 Å². The molecule has 3 amide bonds. The van der Waals surface area contributed by atoms with Crippen LogP contribution >= 0.6 is 0 Å². The minimum absolute atomic E-state index is 0.113. The number of aliphatic hydroxyl groups excluding tert-OH is 1. The fourth-order valence-electron chi connectivity index (χ4n) is 6.95. The lowest BCUT2D eigenvalue weighted by atomic mass is 9.82. The molecule has 3 aromatic rings. The minimum atomic E-state index is -3.52. The fourth-order valence-corrected chi connectivity index (χ4v) is 9.44. The first-order chi connectivity index (χ1) is 21.5. The zero-order chi connectivity index (χ0) is 32.4. The van der Waals surface area contributed by atoms with Gasteiger partial charge in [0.1, 0.15) is 0 Å². The van der Waals surface area contributed by atoms with E-state index in [1.54, 1.807) is 71.4 Å². The molecule has 2 aliphatic heterocycles. The van der Waals surface area contributed by atoms with E-state index in [0.717, 1.165) is 5.56 Å². The topological polar surface area (TPSA) is 99.2 Å². The van der Waals surface area contributed by atoms with Crippen molar-refractivity contribution < 1.29 is 28.3 Å². The third-order valence-corrected chi connectivity index (χ3v) is 11.3. The number of rotatable bonds is 11. The summed E-state index contributed by atoms with van der Waals surface area (Å²) in [6.07, 6.45) is 0.603. The largest absolute Gasteiger partial charge is 0.395 e. The summed E-state index contributed by atoms with van der Waals surface area (Å²) in [6, 6.07) is 23.5. The van der Waals surface area contributed by atoms with Gasteiger partial charge in [0.05, 0.1) is 24.8 Å². The molecule has 0 aliphatic carbocycles. The predicted molar refractivity (Wildman–Crippen MR) is 175 cm³/mol. The maximum Gasteiger partial charge on any atom is 0.264 e. The van der Waals surface area contributed by atoms with Crippen LogP contribution in [0.5, 0.6) is 0 Å². The highest BCUT2D eigenvalue weighted by molar-refractivity contribution is 6.72. The van der Waals surface area contributed by atoms with Gasteiger partial charge in [-0.05, 0) is 49.0 Å². The number of nitrogens with one attached hydrogen (secondary N) is 1. The van der Waals surface area contributed by atoms with Crippen molar-refractivity contribution in [1.29, 1.82) is 0 Å². The molecule has 3 aromatic carbocycles. The van der Waals surface area contributed by atoms with Crippen LogP contribution in [0.25, 0.3) is 0 Å². The molecular weight excluding hydrogens is 589 g/mol. The number of ether oxygens (including phenoxy) is 1. The lowest BCUT2D eigenvalue weighted by molar-refractivity contribution is -0.149. The van der Waals surface area contributed by atoms with Crippen LogP contribution < -0.4 is 10.2 Å². The van der Waals surface area contributed by atoms with Crippen molar-refractivity contribution in [2.45, 2.75) is 50.2 Å². The SMILES string of the molecule is C=CCN1C(=O)[C@@]2(O[C@@H](CC(=O)N(CCO)Cc3ccccc3)[C@H]([Si](C)(C)F)[C@H]2C)c2cc(NC(=O)c3ccccc3)ccc21. The number of hydrogen-bond acceptors (Lipinski definition) is 5. The van der Waals surface area contributed by atoms with Gasteiger partial charge in [0, 0.05) is 47.9 Å². The highest BCUT2D eigenvalue weighted by Crippen LogP contribution is 2.60. The summed E-state index contributed by atoms with van der Waals surface area (Å²) in [5.74, 6) is -1.55. The number of nitrogens with zero attached hydrogens (tertiary/aromatic N) is 2. The predicted octanol–water partition coefficient (Wildman–Crippen LogP) is 5.66. The van der Waals surface area contributed by atoms with Gasteiger partial charge in [-0.1, -0.05) is 61.5 Å². The van der Waals surface area contributed by atoms with Crippen molar-refractivity contribution in [3.8, 4) is 0 Å². The first kappa shape index (κ1) is 32.3. The Morgan fingerprint density at radius 2 is 1.78 bits per heavy atom. The number of carbonyl (C=O) groups excluding carboxylic acids is 3. The standard InChI is InChI=1S/C35H40FN3O5Si/c1-5-18-39-29-17-16-27(37-33(42)26-14-10-7-11-15-26)21-28(29)35(34(39)43)24(2)32(45(3,4)36)30(44-35)22-31(41)38(19-20-40)23-25-12-8-6-9-13-25/h5-17,21,24,30,32,40H,1,18-20,22-23H2,2-4H3,(H,37,42)/t24-,30+,32-,35+/m1/s1. The zero-order valence-corrected chi connectivity index (χ0v) is 26.9. The maximum absolute atomic E-state index is 16.3. The number of halogens is 1. The molecule has 10 heteroatoms. The van der Waals surface area contributed by atoms with Gasteiger partial charge >= 0.3 is 0 Å². The van der Waals surface area contributed by atoms with Crippen molar-refractivity contribution in [3.05, 3.63) is 108 Å². The Morgan fingerprint density at radius 1 is 1.11 bits per heavy atom. The molecule has 0 saturated carbocycles. The molecular formula is C35H40FN3O5Si. The van der Waals surface area contributed by atoms with E-state index in [0.29, 0.717) is 22.5 Å². The van der Waals surface area contributed by atoms with E-state index >= 15 is 4.11 Å². The number of hydrogen-bond donors (Lipinski definition) is 2. The molecule has 8 nitrogen and oxygen atoms in total. The Balaban J connectivity index is 1.51. The van der Waals surface area contributed by atoms with Crippen LogP contribution in [0.2, 0.25) is 18.6 Å². The van der Waals surface area contributed by atoms with Gasteiger partial charge < -0.3 is 29.1 Å². The quantitative estimate of drug-likeness (QED) is 0.162. The van der Waals surface area contributed by atoms with Gasteiger partial charge in [-0.25, -0.2) is 0 Å². The molecule has 0 aromatic heterocycles. The van der Waals surface area contributed by atoms with Crippen molar-refractivity contribution in [2.75, 3.05) is 29.9 Å². The first-order valence-electron chi connectivity index (χ1n) is 15.2. The highest BCUT2D eigenvalue weighted by atomic mass is 28.4. The number of benzene rings is 3. The summed E-state index contributed by atoms with van der Waals surface area (Å²) >= 11 is 0. The Morgan fingerprint density at radius 3 is 2.40 bits per heavy atom. The van der Waals surface area contributed by atoms with Crippen LogP contribution in [0.4, 0.5) is 15.5 Å². The third kappa shape index (κ3) is 6.22. The van der Waals surface area contributed by atoms with Crippen molar-refractivity contribution in [3.63, 3.8) is 0 Å². The molecule has 2 N–H and O–H groups in total. The summed E-state index contributed by atoms with van der Waals surface area (Å²) in [6.45, 7) is 9.20. The fraction of sp³-hybridized carbons (Fsp3) is 0.343. The Hall–Kier alpha value is -4.12. The van der Waals surface area contributed by atoms with Gasteiger partial charge in [-0.2, -0.15) is 0 Å². The van der Waals surface area contributed by atoms with Crippen LogP contribution in [-0.2, 0) is 26.5 Å². The monoisotopic (exact) mass is 629 g/mol. The molecule has 0 unspecified atom stereocenters. The molecule has 45 heavy (non-hydrogen) atoms. The lowest BCUT2D eigenvalue weighted by Crippen LogP contribution is -2.45. The number of aliphatic hydroxyl groups is 1. The maximum atomic E-state index is 16.3. The number of fused-ring (bicyclic) bond motifs is 2. The van der Waals surface area contributed by atoms with E-state index in [2.05, 4.69) is 11.9 Å². The first-order valence-corrected chi connectivity index (χ1v) is 18.2. The van der Waals surface area contributed by atoms with Gasteiger partial charge in [-0.3, -0.25) is 14.4 Å². The molecule has 0 bridgehead atoms. The second-order valence-corrected chi connectivity index (χ2v) is 16.1. The van der Waals surface area contributed by atoms with Crippen LogP contribution in [-0.4, -0.2) is 61.9 Å². The zero-order valence-electron chi connectivity index (χ0n) is 25.9. The summed E-state index contributed by atoms with van der Waals surface area (Å²) in [4.78, 5) is 44.2. The van der Waals surface area contributed by atoms with Crippen LogP contribution in [0.1, 0.15) is 34.8 Å². The van der Waals surface area contributed by atoms with E-state index in [1.807, 2.05) is 43.3 Å². The molecule has 1 saturated heterocycles. The van der Waals surface area contributed by atoms with Crippen LogP contribution in [0.15, 0.2) is 91.5 Å². The van der Waals surface area contributed by atoms with Crippen LogP contribution in [0, 0.1) is 5.92 Å². The highest BCUT2D eigenvalue weighted by Gasteiger charge is 2.67. The summed E-state index contributed by atoms with van der Waals surface area (Å²) in [7, 11) is -3.52. The summed E-state index contributed by atoms with van der Waals surface area (Å²) in [5, 5.41) is 12.6. The molecule has 1 spiro atoms. The molecule has 1 fully saturated rings. The summed E-state index contributed by atoms with van der Waals surface area (Å²) in [5.41, 5.74) is 0.738. The normalized spacial score (nSPS) is 22.4. The number of anilines is 2. The average molecular weight is 630 g/mol. The second kappa shape index (κ2) is 13.1. The van der Waals surface area contributed by atoms with E-state index in [4.69, 9.17) is 4.74 Å². The molecule has 2 heterocycles. The number of amides is 3. The van der Waals surface area contributed by atoms with Crippen molar-refractivity contribution in [1.82, 2.24) is 4.90 Å². The van der Waals surface area contributed by atoms with Gasteiger partial charge in [-0.15, -0.1) is 6.58 Å². The van der Waals surface area contributed by atoms with Crippen LogP contribution in [0.3, 0.4) is 0 Å². The molecule has 5 rings (SSSR count). The van der Waals surface area contributed by atoms with Crippen molar-refractivity contribution in [2.24, 2.45) is 5.92 Å². The Labute approximate surface area is 264 Å². The smallest absolute Gasteiger partial charge is 0.264 e. The lowest BCUT2D eigenvalue weighted by Gasteiger charge is -2.31. The Kier molecular flexibility index (Phi) is 9.38. The van der Waals surface area contributed by atoms with Gasteiger partial charge in [0.15, 0.2) is 5.60 Å². The van der Waals surface area contributed by atoms with E-state index in [1.165, 1.54) is 0 Å². The van der Waals surface area contributed by atoms with Crippen molar-refractivity contribution >= 4 is 37.5 Å². The molecule has 236 valence electrons. The minimum Gasteiger partial charge on any atom is -0.395 e. The van der Waals surface area contributed by atoms with Gasteiger partial charge in [0.25, 0.3) is 11.8 Å². The van der Waals surface area contributed by atoms with E-state index in [9.17, 15) is 19.5 Å². The Bertz CT molecular complexity index is 1560. The molecule has 0 radical (unpaired) electrons. The number of carbonyl (C=O) groups is 3. The van der Waals surface area contributed by atoms with E-state index in [-0.39, 0.29) is 50.4 Å². The van der Waals surface area contributed by atoms with E-state index < -0.39 is 31.6 Å².